The van der Waals surface area contributed by atoms with Gasteiger partial charge in [0.15, 0.2) is 0 Å². The SMILES string of the molecule is COCCCN1C(=O)C(=O)/C(=C(/O)c2cc(C(C)(C)C)ccc2C)C1c1ccc(OC(C)=O)cc1. The molecule has 1 fully saturated rings. The van der Waals surface area contributed by atoms with Crippen LogP contribution in [0.2, 0.25) is 0 Å². The first-order chi connectivity index (χ1) is 16.5. The van der Waals surface area contributed by atoms with Gasteiger partial charge in [-0.05, 0) is 53.6 Å². The number of nitrogens with zero attached hydrogens (tertiary/aromatic N) is 1. The molecule has 0 saturated carbocycles. The van der Waals surface area contributed by atoms with Crippen LogP contribution in [0.4, 0.5) is 0 Å². The molecule has 0 radical (unpaired) electrons. The Hall–Kier alpha value is -3.45. The Labute approximate surface area is 206 Å². The van der Waals surface area contributed by atoms with Crippen LogP contribution in [-0.4, -0.2) is 47.9 Å². The number of carbonyl (C=O) groups is 3. The maximum Gasteiger partial charge on any atom is 0.308 e. The summed E-state index contributed by atoms with van der Waals surface area (Å²) in [6.45, 7) is 10.1. The van der Waals surface area contributed by atoms with Crippen LogP contribution in [-0.2, 0) is 24.5 Å². The van der Waals surface area contributed by atoms with Crippen LogP contribution in [0.25, 0.3) is 5.76 Å². The van der Waals surface area contributed by atoms with Crippen molar-refractivity contribution in [2.75, 3.05) is 20.3 Å². The standard InChI is InChI=1S/C28H33NO6/c1-17-8-11-20(28(3,4)5)16-22(17)25(31)23-24(19-9-12-21(13-10-19)35-18(2)30)29(14-7-15-34-6)27(33)26(23)32/h8-13,16,24,31H,7,14-15H2,1-6H3/b25-23+. The van der Waals surface area contributed by atoms with Crippen molar-refractivity contribution in [3.05, 3.63) is 70.3 Å². The first kappa shape index (κ1) is 26.2. The Morgan fingerprint density at radius 2 is 1.74 bits per heavy atom. The molecule has 0 aromatic heterocycles. The van der Waals surface area contributed by atoms with E-state index in [1.54, 1.807) is 31.4 Å². The normalized spacial score (nSPS) is 17.7. The van der Waals surface area contributed by atoms with E-state index in [9.17, 15) is 19.5 Å². The van der Waals surface area contributed by atoms with Gasteiger partial charge in [0.2, 0.25) is 0 Å². The van der Waals surface area contributed by atoms with Gasteiger partial charge in [0.25, 0.3) is 11.7 Å². The molecule has 0 bridgehead atoms. The molecular formula is C28H33NO6. The number of Topliss-reactive ketones (excluding diaryl/α,β-unsaturated/α-hetero) is 1. The fourth-order valence-electron chi connectivity index (χ4n) is 4.21. The van der Waals surface area contributed by atoms with E-state index >= 15 is 0 Å². The third-order valence-corrected chi connectivity index (χ3v) is 6.10. The largest absolute Gasteiger partial charge is 0.507 e. The van der Waals surface area contributed by atoms with Crippen LogP contribution in [0.3, 0.4) is 0 Å². The minimum absolute atomic E-state index is 0.0433. The number of ketones is 1. The first-order valence-electron chi connectivity index (χ1n) is 11.6. The number of aliphatic hydroxyl groups excluding tert-OH is 1. The summed E-state index contributed by atoms with van der Waals surface area (Å²) < 4.78 is 10.2. The van der Waals surface area contributed by atoms with Crippen LogP contribution >= 0.6 is 0 Å². The molecule has 1 atom stereocenters. The number of aliphatic hydroxyl groups is 1. The number of aryl methyl sites for hydroxylation is 1. The predicted octanol–water partition coefficient (Wildman–Crippen LogP) is 4.68. The molecule has 1 heterocycles. The summed E-state index contributed by atoms with van der Waals surface area (Å²) >= 11 is 0. The topological polar surface area (TPSA) is 93.1 Å². The van der Waals surface area contributed by atoms with E-state index in [1.807, 2.05) is 25.1 Å². The monoisotopic (exact) mass is 479 g/mol. The van der Waals surface area contributed by atoms with Gasteiger partial charge in [-0.2, -0.15) is 0 Å². The number of ether oxygens (including phenoxy) is 2. The van der Waals surface area contributed by atoms with E-state index in [-0.39, 0.29) is 23.3 Å². The zero-order valence-electron chi connectivity index (χ0n) is 21.2. The molecule has 1 aliphatic heterocycles. The number of hydrogen-bond donors (Lipinski definition) is 1. The van der Waals surface area contributed by atoms with Crippen molar-refractivity contribution in [3.63, 3.8) is 0 Å². The fourth-order valence-corrected chi connectivity index (χ4v) is 4.21. The minimum Gasteiger partial charge on any atom is -0.507 e. The van der Waals surface area contributed by atoms with E-state index in [1.165, 1.54) is 11.8 Å². The third-order valence-electron chi connectivity index (χ3n) is 6.10. The quantitative estimate of drug-likeness (QED) is 0.155. The van der Waals surface area contributed by atoms with Gasteiger partial charge in [-0.25, -0.2) is 0 Å². The van der Waals surface area contributed by atoms with Gasteiger partial charge in [0.1, 0.15) is 11.5 Å². The molecule has 7 heteroatoms. The summed E-state index contributed by atoms with van der Waals surface area (Å²) in [5.41, 5.74) is 2.83. The number of methoxy groups -OCH3 is 1. The molecule has 186 valence electrons. The van der Waals surface area contributed by atoms with Crippen molar-refractivity contribution in [2.24, 2.45) is 0 Å². The van der Waals surface area contributed by atoms with Crippen LogP contribution in [0.15, 0.2) is 48.0 Å². The molecule has 2 aromatic carbocycles. The zero-order chi connectivity index (χ0) is 25.9. The van der Waals surface area contributed by atoms with Crippen molar-refractivity contribution >= 4 is 23.4 Å². The van der Waals surface area contributed by atoms with Crippen LogP contribution in [0.5, 0.6) is 5.75 Å². The first-order valence-corrected chi connectivity index (χ1v) is 11.6. The highest BCUT2D eigenvalue weighted by molar-refractivity contribution is 6.46. The lowest BCUT2D eigenvalue weighted by molar-refractivity contribution is -0.140. The van der Waals surface area contributed by atoms with Gasteiger partial charge in [-0.1, -0.05) is 45.0 Å². The van der Waals surface area contributed by atoms with E-state index < -0.39 is 23.7 Å². The molecule has 2 aromatic rings. The lowest BCUT2D eigenvalue weighted by atomic mass is 9.84. The van der Waals surface area contributed by atoms with E-state index in [0.29, 0.717) is 29.9 Å². The number of benzene rings is 2. The fraction of sp³-hybridized carbons (Fsp3) is 0.393. The lowest BCUT2D eigenvalue weighted by Gasteiger charge is -2.26. The number of hydrogen-bond acceptors (Lipinski definition) is 6. The van der Waals surface area contributed by atoms with Gasteiger partial charge < -0.3 is 19.5 Å². The van der Waals surface area contributed by atoms with Gasteiger partial charge in [0, 0.05) is 32.7 Å². The highest BCUT2D eigenvalue weighted by Crippen LogP contribution is 2.41. The Morgan fingerprint density at radius 3 is 2.31 bits per heavy atom. The van der Waals surface area contributed by atoms with Crippen molar-refractivity contribution in [2.45, 2.75) is 52.5 Å². The minimum atomic E-state index is -0.782. The van der Waals surface area contributed by atoms with E-state index in [2.05, 4.69) is 20.8 Å². The average Bonchev–Trinajstić information content (AvgIpc) is 3.03. The number of carbonyl (C=O) groups excluding carboxylic acids is 3. The number of likely N-dealkylation sites (tertiary alicyclic amines) is 1. The number of rotatable bonds is 7. The van der Waals surface area contributed by atoms with Crippen molar-refractivity contribution in [1.29, 1.82) is 0 Å². The summed E-state index contributed by atoms with van der Waals surface area (Å²) in [4.78, 5) is 39.1. The average molecular weight is 480 g/mol. The van der Waals surface area contributed by atoms with Crippen LogP contribution in [0.1, 0.15) is 62.4 Å². The van der Waals surface area contributed by atoms with E-state index in [4.69, 9.17) is 9.47 Å². The molecule has 35 heavy (non-hydrogen) atoms. The Morgan fingerprint density at radius 1 is 1.09 bits per heavy atom. The lowest BCUT2D eigenvalue weighted by Crippen LogP contribution is -2.31. The Kier molecular flexibility index (Phi) is 7.80. The second-order valence-electron chi connectivity index (χ2n) is 9.78. The smallest absolute Gasteiger partial charge is 0.308 e. The molecule has 1 unspecified atom stereocenters. The second-order valence-corrected chi connectivity index (χ2v) is 9.78. The van der Waals surface area contributed by atoms with Gasteiger partial charge in [0.05, 0.1) is 11.6 Å². The van der Waals surface area contributed by atoms with Crippen molar-refractivity contribution in [1.82, 2.24) is 4.90 Å². The van der Waals surface area contributed by atoms with Gasteiger partial charge in [-0.3, -0.25) is 14.4 Å². The maximum atomic E-state index is 13.2. The highest BCUT2D eigenvalue weighted by atomic mass is 16.5. The predicted molar refractivity (Wildman–Crippen MR) is 133 cm³/mol. The summed E-state index contributed by atoms with van der Waals surface area (Å²) in [6.07, 6.45) is 0.532. The molecule has 0 spiro atoms. The summed E-state index contributed by atoms with van der Waals surface area (Å²) in [7, 11) is 1.57. The summed E-state index contributed by atoms with van der Waals surface area (Å²) in [6, 6.07) is 11.6. The van der Waals surface area contributed by atoms with Crippen LogP contribution < -0.4 is 4.74 Å². The highest BCUT2D eigenvalue weighted by Gasteiger charge is 2.46. The Bertz CT molecular complexity index is 1160. The van der Waals surface area contributed by atoms with Crippen LogP contribution in [0, 0.1) is 6.92 Å². The summed E-state index contributed by atoms with van der Waals surface area (Å²) in [5, 5.41) is 11.5. The molecule has 0 aliphatic carbocycles. The zero-order valence-corrected chi connectivity index (χ0v) is 21.2. The Balaban J connectivity index is 2.16. The molecule has 7 nitrogen and oxygen atoms in total. The van der Waals surface area contributed by atoms with Gasteiger partial charge >= 0.3 is 5.97 Å². The number of amides is 1. The molecule has 1 N–H and O–H groups in total. The molecular weight excluding hydrogens is 446 g/mol. The molecule has 1 aliphatic rings. The van der Waals surface area contributed by atoms with Crippen molar-refractivity contribution in [3.8, 4) is 5.75 Å². The van der Waals surface area contributed by atoms with E-state index in [0.717, 1.165) is 11.1 Å². The summed E-state index contributed by atoms with van der Waals surface area (Å²) in [5.74, 6) is -1.69. The van der Waals surface area contributed by atoms with Crippen molar-refractivity contribution < 1.29 is 29.0 Å². The molecule has 1 saturated heterocycles. The number of esters is 1. The maximum absolute atomic E-state index is 13.2. The molecule has 1 amide bonds. The second kappa shape index (κ2) is 10.4. The molecule has 3 rings (SSSR count). The van der Waals surface area contributed by atoms with Gasteiger partial charge in [-0.15, -0.1) is 0 Å². The third kappa shape index (κ3) is 5.62.